The zero-order chi connectivity index (χ0) is 20.7. The summed E-state index contributed by atoms with van der Waals surface area (Å²) in [6, 6.07) is 7.48. The standard InChI is InChI=1S/C21H30F3NO3/c1-14-7-9-16(10-8-14)13-17-5-3-6-18(25)20(26)28-15(2)19(17)27-12-4-11-21(22,23)24/h7-10,15,17-19H,3-6,11-13,25H2,1-2H3. The lowest BCUT2D eigenvalue weighted by Crippen LogP contribution is -2.41. The van der Waals surface area contributed by atoms with Crippen molar-refractivity contribution >= 4 is 5.97 Å². The monoisotopic (exact) mass is 401 g/mol. The minimum atomic E-state index is -4.20. The molecule has 1 saturated heterocycles. The lowest BCUT2D eigenvalue weighted by molar-refractivity contribution is -0.161. The molecule has 1 heterocycles. The highest BCUT2D eigenvalue weighted by molar-refractivity contribution is 5.75. The number of hydrogen-bond acceptors (Lipinski definition) is 4. The molecule has 4 unspecified atom stereocenters. The third-order valence-corrected chi connectivity index (χ3v) is 5.16. The van der Waals surface area contributed by atoms with Gasteiger partial charge in [0.25, 0.3) is 0 Å². The Labute approximate surface area is 164 Å². The summed E-state index contributed by atoms with van der Waals surface area (Å²) in [5.41, 5.74) is 8.15. The van der Waals surface area contributed by atoms with Gasteiger partial charge in [-0.2, -0.15) is 13.2 Å². The molecule has 0 saturated carbocycles. The molecule has 2 N–H and O–H groups in total. The van der Waals surface area contributed by atoms with Crippen LogP contribution < -0.4 is 5.73 Å². The smallest absolute Gasteiger partial charge is 0.389 e. The largest absolute Gasteiger partial charge is 0.459 e. The van der Waals surface area contributed by atoms with Crippen molar-refractivity contribution in [3.8, 4) is 0 Å². The van der Waals surface area contributed by atoms with E-state index < -0.39 is 36.8 Å². The van der Waals surface area contributed by atoms with Crippen LogP contribution >= 0.6 is 0 Å². The minimum Gasteiger partial charge on any atom is -0.459 e. The van der Waals surface area contributed by atoms with E-state index in [1.165, 1.54) is 0 Å². The summed E-state index contributed by atoms with van der Waals surface area (Å²) in [5.74, 6) is -0.450. The van der Waals surface area contributed by atoms with Crippen LogP contribution in [0.25, 0.3) is 0 Å². The van der Waals surface area contributed by atoms with E-state index in [2.05, 4.69) is 0 Å². The Hall–Kier alpha value is -1.60. The van der Waals surface area contributed by atoms with E-state index in [9.17, 15) is 18.0 Å². The molecule has 1 aliphatic heterocycles. The molecule has 0 spiro atoms. The summed E-state index contributed by atoms with van der Waals surface area (Å²) in [6.07, 6.45) is -3.50. The minimum absolute atomic E-state index is 0.0253. The molecule has 1 aliphatic rings. The van der Waals surface area contributed by atoms with E-state index in [1.54, 1.807) is 6.92 Å². The van der Waals surface area contributed by atoms with Crippen molar-refractivity contribution in [3.63, 3.8) is 0 Å². The molecule has 4 nitrogen and oxygen atoms in total. The molecular formula is C21H30F3NO3. The number of rotatable bonds is 6. The van der Waals surface area contributed by atoms with Gasteiger partial charge in [-0.3, -0.25) is 4.79 Å². The summed E-state index contributed by atoms with van der Waals surface area (Å²) in [6.45, 7) is 3.72. The third kappa shape index (κ3) is 7.43. The van der Waals surface area contributed by atoms with E-state index >= 15 is 0 Å². The molecular weight excluding hydrogens is 371 g/mol. The van der Waals surface area contributed by atoms with Crippen LogP contribution in [0.2, 0.25) is 0 Å². The summed E-state index contributed by atoms with van der Waals surface area (Å²) in [7, 11) is 0. The molecule has 0 amide bonds. The second-order valence-electron chi connectivity index (χ2n) is 7.68. The van der Waals surface area contributed by atoms with Crippen LogP contribution in [0.5, 0.6) is 0 Å². The predicted molar refractivity (Wildman–Crippen MR) is 101 cm³/mol. The van der Waals surface area contributed by atoms with Gasteiger partial charge in [0, 0.05) is 13.0 Å². The van der Waals surface area contributed by atoms with Crippen molar-refractivity contribution in [1.82, 2.24) is 0 Å². The molecule has 158 valence electrons. The molecule has 0 aliphatic carbocycles. The van der Waals surface area contributed by atoms with Gasteiger partial charge in [0.2, 0.25) is 0 Å². The van der Waals surface area contributed by atoms with E-state index in [4.69, 9.17) is 15.2 Å². The molecule has 2 rings (SSSR count). The van der Waals surface area contributed by atoms with Gasteiger partial charge in [-0.15, -0.1) is 0 Å². The quantitative estimate of drug-likeness (QED) is 0.570. The van der Waals surface area contributed by atoms with Crippen molar-refractivity contribution in [2.45, 2.75) is 76.8 Å². The molecule has 1 fully saturated rings. The van der Waals surface area contributed by atoms with Crippen LogP contribution in [0.4, 0.5) is 13.2 Å². The van der Waals surface area contributed by atoms with Gasteiger partial charge >= 0.3 is 12.1 Å². The van der Waals surface area contributed by atoms with Crippen molar-refractivity contribution in [2.75, 3.05) is 6.61 Å². The molecule has 28 heavy (non-hydrogen) atoms. The van der Waals surface area contributed by atoms with E-state index in [0.717, 1.165) is 24.0 Å². The van der Waals surface area contributed by atoms with Crippen LogP contribution in [0, 0.1) is 12.8 Å². The van der Waals surface area contributed by atoms with Crippen molar-refractivity contribution in [1.29, 1.82) is 0 Å². The maximum absolute atomic E-state index is 12.4. The number of benzene rings is 1. The van der Waals surface area contributed by atoms with Gasteiger partial charge in [-0.05, 0) is 51.0 Å². The number of halogens is 3. The average molecular weight is 401 g/mol. The van der Waals surface area contributed by atoms with Crippen LogP contribution in [0.3, 0.4) is 0 Å². The first kappa shape index (κ1) is 22.7. The number of alkyl halides is 3. The number of esters is 1. The van der Waals surface area contributed by atoms with E-state index in [-0.39, 0.29) is 18.9 Å². The zero-order valence-corrected chi connectivity index (χ0v) is 16.5. The summed E-state index contributed by atoms with van der Waals surface area (Å²) >= 11 is 0. The molecule has 4 atom stereocenters. The normalized spacial score (nSPS) is 26.9. The van der Waals surface area contributed by atoms with Crippen molar-refractivity contribution in [3.05, 3.63) is 35.4 Å². The second-order valence-corrected chi connectivity index (χ2v) is 7.68. The Kier molecular flexibility index (Phi) is 8.31. The SMILES string of the molecule is Cc1ccc(CC2CCCC(N)C(=O)OC(C)C2OCCCC(F)(F)F)cc1. The molecule has 1 aromatic rings. The first-order valence-electron chi connectivity index (χ1n) is 9.85. The van der Waals surface area contributed by atoms with Crippen LogP contribution in [0.1, 0.15) is 50.2 Å². The molecule has 1 aromatic carbocycles. The lowest BCUT2D eigenvalue weighted by atomic mass is 9.86. The number of cyclic esters (lactones) is 1. The summed E-state index contributed by atoms with van der Waals surface area (Å²) in [5, 5.41) is 0. The van der Waals surface area contributed by atoms with Gasteiger partial charge in [0.15, 0.2) is 0 Å². The summed E-state index contributed by atoms with van der Waals surface area (Å²) in [4.78, 5) is 12.1. The number of carbonyl (C=O) groups is 1. The van der Waals surface area contributed by atoms with Gasteiger partial charge in [-0.25, -0.2) is 0 Å². The van der Waals surface area contributed by atoms with E-state index in [1.807, 2.05) is 31.2 Å². The summed E-state index contributed by atoms with van der Waals surface area (Å²) < 4.78 is 48.6. The number of ether oxygens (including phenoxy) is 2. The fourth-order valence-corrected chi connectivity index (χ4v) is 3.61. The molecule has 0 radical (unpaired) electrons. The number of hydrogen-bond donors (Lipinski definition) is 1. The van der Waals surface area contributed by atoms with Crippen LogP contribution in [0.15, 0.2) is 24.3 Å². The predicted octanol–water partition coefficient (Wildman–Crippen LogP) is 4.32. The maximum atomic E-state index is 12.4. The number of carbonyl (C=O) groups excluding carboxylic acids is 1. The first-order chi connectivity index (χ1) is 13.2. The first-order valence-corrected chi connectivity index (χ1v) is 9.85. The third-order valence-electron chi connectivity index (χ3n) is 5.16. The maximum Gasteiger partial charge on any atom is 0.389 e. The molecule has 0 aromatic heterocycles. The van der Waals surface area contributed by atoms with Crippen LogP contribution in [-0.2, 0) is 20.7 Å². The fourth-order valence-electron chi connectivity index (χ4n) is 3.61. The Bertz CT molecular complexity index is 618. The highest BCUT2D eigenvalue weighted by Crippen LogP contribution is 2.28. The van der Waals surface area contributed by atoms with E-state index in [0.29, 0.717) is 12.8 Å². The highest BCUT2D eigenvalue weighted by Gasteiger charge is 2.34. The number of nitrogens with two attached hydrogens (primary N) is 1. The molecule has 0 bridgehead atoms. The van der Waals surface area contributed by atoms with Gasteiger partial charge in [-0.1, -0.05) is 36.2 Å². The Morgan fingerprint density at radius 1 is 1.21 bits per heavy atom. The van der Waals surface area contributed by atoms with Crippen LogP contribution in [-0.4, -0.2) is 37.0 Å². The Morgan fingerprint density at radius 2 is 1.89 bits per heavy atom. The lowest BCUT2D eigenvalue weighted by Gasteiger charge is -2.31. The topological polar surface area (TPSA) is 61.6 Å². The van der Waals surface area contributed by atoms with Gasteiger partial charge in [0.1, 0.15) is 12.1 Å². The Morgan fingerprint density at radius 3 is 2.54 bits per heavy atom. The molecule has 7 heteroatoms. The van der Waals surface area contributed by atoms with Crippen molar-refractivity contribution < 1.29 is 27.4 Å². The Balaban J connectivity index is 2.11. The average Bonchev–Trinajstić information content (AvgIpc) is 2.65. The number of aryl methyl sites for hydroxylation is 1. The van der Waals surface area contributed by atoms with Gasteiger partial charge in [0.05, 0.1) is 6.10 Å². The van der Waals surface area contributed by atoms with Gasteiger partial charge < -0.3 is 15.2 Å². The second kappa shape index (κ2) is 10.3. The highest BCUT2D eigenvalue weighted by atomic mass is 19.4. The zero-order valence-electron chi connectivity index (χ0n) is 16.5. The fraction of sp³-hybridized carbons (Fsp3) is 0.667. The van der Waals surface area contributed by atoms with Crippen molar-refractivity contribution in [2.24, 2.45) is 11.7 Å².